The number of carbonyl (C=O) groups is 2. The number of carboxylic acids is 1. The number of amides is 1. The predicted octanol–water partition coefficient (Wildman–Crippen LogP) is 1.84. The Bertz CT molecular complexity index is 818. The first-order chi connectivity index (χ1) is 12.9. The quantitative estimate of drug-likeness (QED) is 0.645. The van der Waals surface area contributed by atoms with Crippen molar-refractivity contribution in [3.63, 3.8) is 0 Å². The van der Waals surface area contributed by atoms with E-state index in [1.54, 1.807) is 12.1 Å². The third-order valence-electron chi connectivity index (χ3n) is 3.93. The Morgan fingerprint density at radius 1 is 0.963 bits per heavy atom. The van der Waals surface area contributed by atoms with Gasteiger partial charge in [-0.05, 0) is 29.8 Å². The lowest BCUT2D eigenvalue weighted by atomic mass is 10.0. The van der Waals surface area contributed by atoms with Crippen LogP contribution in [0.25, 0.3) is 0 Å². The number of nitrogens with one attached hydrogen (secondary N) is 1. The minimum absolute atomic E-state index is 0.0525. The summed E-state index contributed by atoms with van der Waals surface area (Å²) in [6.45, 7) is 0. The Kier molecular flexibility index (Phi) is 6.48. The van der Waals surface area contributed by atoms with Gasteiger partial charge in [0.25, 0.3) is 5.91 Å². The molecule has 2 rings (SSSR count). The number of carbonyl (C=O) groups excluding carboxylic acids is 1. The third-order valence-corrected chi connectivity index (χ3v) is 3.93. The highest BCUT2D eigenvalue weighted by atomic mass is 16.5. The molecule has 0 unspecified atom stereocenters. The molecule has 0 aliphatic rings. The monoisotopic (exact) mass is 375 g/mol. The van der Waals surface area contributed by atoms with Crippen LogP contribution in [-0.4, -0.2) is 49.5 Å². The molecule has 1 amide bonds. The molecule has 27 heavy (non-hydrogen) atoms. The predicted molar refractivity (Wildman–Crippen MR) is 96.8 cm³/mol. The van der Waals surface area contributed by atoms with Crippen LogP contribution in [0.15, 0.2) is 36.4 Å². The fraction of sp³-hybridized carbons (Fsp3) is 0.263. The Hall–Kier alpha value is -3.42. The van der Waals surface area contributed by atoms with Crippen LogP contribution in [0.2, 0.25) is 0 Å². The van der Waals surface area contributed by atoms with Gasteiger partial charge in [0.15, 0.2) is 11.5 Å². The Morgan fingerprint density at radius 3 is 2.11 bits per heavy atom. The summed E-state index contributed by atoms with van der Waals surface area (Å²) >= 11 is 0. The van der Waals surface area contributed by atoms with Gasteiger partial charge in [0.1, 0.15) is 11.8 Å². The molecular formula is C19H21NO7. The van der Waals surface area contributed by atoms with Gasteiger partial charge in [0, 0.05) is 6.42 Å². The number of phenolic OH excluding ortho intramolecular Hbond substituents is 1. The van der Waals surface area contributed by atoms with Crippen LogP contribution in [0.4, 0.5) is 0 Å². The van der Waals surface area contributed by atoms with Crippen molar-refractivity contribution in [3.8, 4) is 23.0 Å². The molecule has 2 aromatic carbocycles. The van der Waals surface area contributed by atoms with Crippen LogP contribution < -0.4 is 19.5 Å². The summed E-state index contributed by atoms with van der Waals surface area (Å²) in [5, 5.41) is 21.3. The molecule has 144 valence electrons. The van der Waals surface area contributed by atoms with Gasteiger partial charge in [-0.15, -0.1) is 0 Å². The highest BCUT2D eigenvalue weighted by Gasteiger charge is 2.25. The average Bonchev–Trinajstić information content (AvgIpc) is 2.67. The van der Waals surface area contributed by atoms with Crippen LogP contribution in [0.3, 0.4) is 0 Å². The Morgan fingerprint density at radius 2 is 1.59 bits per heavy atom. The number of phenols is 1. The van der Waals surface area contributed by atoms with Crippen molar-refractivity contribution in [2.24, 2.45) is 0 Å². The van der Waals surface area contributed by atoms with Crippen molar-refractivity contribution in [2.45, 2.75) is 12.5 Å². The summed E-state index contributed by atoms with van der Waals surface area (Å²) in [6.07, 6.45) is 0.0525. The lowest BCUT2D eigenvalue weighted by Gasteiger charge is -2.18. The molecule has 8 nitrogen and oxygen atoms in total. The molecule has 0 radical (unpaired) electrons. The van der Waals surface area contributed by atoms with Gasteiger partial charge in [0.2, 0.25) is 5.75 Å². The summed E-state index contributed by atoms with van der Waals surface area (Å²) in [6, 6.07) is 7.92. The minimum atomic E-state index is -1.18. The van der Waals surface area contributed by atoms with Crippen LogP contribution in [0.1, 0.15) is 15.9 Å². The molecule has 8 heteroatoms. The topological polar surface area (TPSA) is 114 Å². The minimum Gasteiger partial charge on any atom is -0.508 e. The van der Waals surface area contributed by atoms with E-state index in [-0.39, 0.29) is 29.2 Å². The number of carboxylic acid groups (broad SMARTS) is 1. The van der Waals surface area contributed by atoms with Gasteiger partial charge in [-0.1, -0.05) is 12.1 Å². The highest BCUT2D eigenvalue weighted by molar-refractivity contribution is 6.00. The molecule has 0 heterocycles. The zero-order valence-electron chi connectivity index (χ0n) is 15.2. The second-order valence-electron chi connectivity index (χ2n) is 5.62. The fourth-order valence-electron chi connectivity index (χ4n) is 2.58. The summed E-state index contributed by atoms with van der Waals surface area (Å²) < 4.78 is 15.7. The van der Waals surface area contributed by atoms with Gasteiger partial charge in [-0.3, -0.25) is 4.79 Å². The number of aromatic hydroxyl groups is 1. The van der Waals surface area contributed by atoms with Gasteiger partial charge in [-0.2, -0.15) is 0 Å². The largest absolute Gasteiger partial charge is 0.508 e. The first-order valence-electron chi connectivity index (χ1n) is 8.01. The molecule has 0 aromatic heterocycles. The van der Waals surface area contributed by atoms with Crippen molar-refractivity contribution < 1.29 is 34.0 Å². The molecule has 0 aliphatic carbocycles. The number of rotatable bonds is 8. The third kappa shape index (κ3) is 4.60. The van der Waals surface area contributed by atoms with Crippen molar-refractivity contribution in [3.05, 3.63) is 47.5 Å². The van der Waals surface area contributed by atoms with E-state index >= 15 is 0 Å². The van der Waals surface area contributed by atoms with E-state index in [4.69, 9.17) is 14.2 Å². The second-order valence-corrected chi connectivity index (χ2v) is 5.62. The van der Waals surface area contributed by atoms with E-state index in [2.05, 4.69) is 5.32 Å². The van der Waals surface area contributed by atoms with Crippen LogP contribution in [-0.2, 0) is 11.2 Å². The normalized spacial score (nSPS) is 11.4. The first kappa shape index (κ1) is 19.9. The lowest BCUT2D eigenvalue weighted by molar-refractivity contribution is -0.139. The Labute approximate surface area is 156 Å². The van der Waals surface area contributed by atoms with Crippen LogP contribution in [0.5, 0.6) is 23.0 Å². The number of ether oxygens (including phenoxy) is 3. The maximum atomic E-state index is 12.7. The van der Waals surface area contributed by atoms with Crippen molar-refractivity contribution in [2.75, 3.05) is 21.3 Å². The molecule has 0 saturated heterocycles. The average molecular weight is 375 g/mol. The first-order valence-corrected chi connectivity index (χ1v) is 8.01. The summed E-state index contributed by atoms with van der Waals surface area (Å²) in [5.74, 6) is -0.981. The van der Waals surface area contributed by atoms with E-state index in [0.717, 1.165) is 0 Å². The molecule has 3 N–H and O–H groups in total. The Balaban J connectivity index is 2.27. The summed E-state index contributed by atoms with van der Waals surface area (Å²) in [4.78, 5) is 24.2. The van der Waals surface area contributed by atoms with Crippen molar-refractivity contribution in [1.29, 1.82) is 0 Å². The highest BCUT2D eigenvalue weighted by Crippen LogP contribution is 2.39. The summed E-state index contributed by atoms with van der Waals surface area (Å²) in [7, 11) is 4.24. The molecule has 0 aliphatic heterocycles. The molecule has 0 bridgehead atoms. The number of benzene rings is 2. The van der Waals surface area contributed by atoms with Gasteiger partial charge in [0.05, 0.1) is 26.9 Å². The maximum Gasteiger partial charge on any atom is 0.326 e. The second kappa shape index (κ2) is 8.79. The zero-order chi connectivity index (χ0) is 20.0. The number of hydrogen-bond acceptors (Lipinski definition) is 6. The van der Waals surface area contributed by atoms with Gasteiger partial charge in [-0.25, -0.2) is 4.79 Å². The number of hydrogen-bond donors (Lipinski definition) is 3. The molecule has 0 spiro atoms. The number of aliphatic carboxylic acids is 1. The number of methoxy groups -OCH3 is 3. The lowest BCUT2D eigenvalue weighted by Crippen LogP contribution is -2.42. The maximum absolute atomic E-state index is 12.7. The van der Waals surface area contributed by atoms with E-state index in [0.29, 0.717) is 11.3 Å². The zero-order valence-corrected chi connectivity index (χ0v) is 15.2. The van der Waals surface area contributed by atoms with Crippen LogP contribution >= 0.6 is 0 Å². The molecular weight excluding hydrogens is 354 g/mol. The molecule has 0 saturated carbocycles. The SMILES string of the molecule is COc1ccc(C(=O)N[C@@H](Cc2ccc(O)cc2)C(=O)O)c(OC)c1OC. The van der Waals surface area contributed by atoms with Gasteiger partial charge < -0.3 is 29.7 Å². The van der Waals surface area contributed by atoms with E-state index in [1.807, 2.05) is 0 Å². The van der Waals surface area contributed by atoms with E-state index < -0.39 is 17.9 Å². The smallest absolute Gasteiger partial charge is 0.326 e. The van der Waals surface area contributed by atoms with Crippen LogP contribution in [0, 0.1) is 0 Å². The van der Waals surface area contributed by atoms with Gasteiger partial charge >= 0.3 is 5.97 Å². The molecule has 1 atom stereocenters. The standard InChI is InChI=1S/C19H21NO7/c1-25-15-9-8-13(16(26-2)17(15)27-3)18(22)20-14(19(23)24)10-11-4-6-12(21)7-5-11/h4-9,14,21H,10H2,1-3H3,(H,20,22)(H,23,24)/t14-/m0/s1. The molecule has 0 fully saturated rings. The summed E-state index contributed by atoms with van der Waals surface area (Å²) in [5.41, 5.74) is 0.770. The molecule has 2 aromatic rings. The van der Waals surface area contributed by atoms with Crippen molar-refractivity contribution in [1.82, 2.24) is 5.32 Å². The van der Waals surface area contributed by atoms with Crippen molar-refractivity contribution >= 4 is 11.9 Å². The van der Waals surface area contributed by atoms with E-state index in [1.165, 1.54) is 45.6 Å². The fourth-order valence-corrected chi connectivity index (χ4v) is 2.58. The van der Waals surface area contributed by atoms with E-state index in [9.17, 15) is 19.8 Å².